The number of benzene rings is 10. The third-order valence-corrected chi connectivity index (χ3v) is 12.8. The molecular formula is C64H50N2. The number of nitrogens with zero attached hydrogens (tertiary/aromatic N) is 2. The molecule has 0 aliphatic carbocycles. The van der Waals surface area contributed by atoms with E-state index in [1.54, 1.807) is 0 Å². The van der Waals surface area contributed by atoms with Gasteiger partial charge in [-0.25, -0.2) is 0 Å². The van der Waals surface area contributed by atoms with Crippen molar-refractivity contribution in [3.63, 3.8) is 0 Å². The van der Waals surface area contributed by atoms with Gasteiger partial charge in [-0.1, -0.05) is 189 Å². The fraction of sp³-hybridized carbons (Fsp3) is 0.0625. The molecule has 0 aromatic heterocycles. The number of hydrogen-bond donors (Lipinski definition) is 0. The first kappa shape index (κ1) is 41.8. The fourth-order valence-corrected chi connectivity index (χ4v) is 9.24. The van der Waals surface area contributed by atoms with E-state index in [4.69, 9.17) is 9.98 Å². The number of hydrogen-bond acceptors (Lipinski definition) is 2. The van der Waals surface area contributed by atoms with Gasteiger partial charge in [-0.05, 0) is 162 Å². The Morgan fingerprint density at radius 3 is 1.79 bits per heavy atom. The fourth-order valence-electron chi connectivity index (χ4n) is 9.24. The molecule has 2 heteroatoms. The molecule has 2 nitrogen and oxygen atoms in total. The van der Waals surface area contributed by atoms with Crippen LogP contribution in [0.3, 0.4) is 0 Å². The van der Waals surface area contributed by atoms with Gasteiger partial charge >= 0.3 is 0 Å². The zero-order chi connectivity index (χ0) is 45.1. The van der Waals surface area contributed by atoms with Crippen LogP contribution in [0.15, 0.2) is 222 Å². The van der Waals surface area contributed by atoms with E-state index in [0.717, 1.165) is 66.6 Å². The average molecular weight is 847 g/mol. The summed E-state index contributed by atoms with van der Waals surface area (Å²) in [5, 5.41) is 9.37. The Labute approximate surface area is 387 Å². The van der Waals surface area contributed by atoms with Crippen molar-refractivity contribution in [2.45, 2.75) is 27.7 Å². The molecule has 316 valence electrons. The van der Waals surface area contributed by atoms with E-state index in [2.05, 4.69) is 240 Å². The second-order valence-corrected chi connectivity index (χ2v) is 17.1. The first-order valence-corrected chi connectivity index (χ1v) is 22.7. The van der Waals surface area contributed by atoms with Gasteiger partial charge in [-0.2, -0.15) is 0 Å². The van der Waals surface area contributed by atoms with Crippen LogP contribution in [0.1, 0.15) is 37.5 Å². The monoisotopic (exact) mass is 846 g/mol. The normalized spacial score (nSPS) is 12.5. The lowest BCUT2D eigenvalue weighted by Gasteiger charge is -2.19. The van der Waals surface area contributed by atoms with Crippen LogP contribution in [0.25, 0.3) is 89.5 Å². The highest BCUT2D eigenvalue weighted by Crippen LogP contribution is 2.45. The van der Waals surface area contributed by atoms with Crippen molar-refractivity contribution in [2.75, 3.05) is 0 Å². The van der Waals surface area contributed by atoms with E-state index in [1.807, 2.05) is 13.0 Å². The Morgan fingerprint density at radius 2 is 1.02 bits per heavy atom. The molecule has 10 aromatic rings. The van der Waals surface area contributed by atoms with Crippen LogP contribution >= 0.6 is 0 Å². The van der Waals surface area contributed by atoms with Crippen molar-refractivity contribution in [1.29, 1.82) is 0 Å². The van der Waals surface area contributed by atoms with E-state index in [-0.39, 0.29) is 0 Å². The molecule has 0 saturated carbocycles. The summed E-state index contributed by atoms with van der Waals surface area (Å²) in [6.45, 7) is 12.7. The Morgan fingerprint density at radius 1 is 0.439 bits per heavy atom. The molecule has 0 unspecified atom stereocenters. The molecule has 0 N–H and O–H groups in total. The first-order chi connectivity index (χ1) is 32.3. The molecule has 0 bridgehead atoms. The molecule has 0 fully saturated rings. The van der Waals surface area contributed by atoms with Crippen LogP contribution in [0, 0.1) is 6.92 Å². The summed E-state index contributed by atoms with van der Waals surface area (Å²) in [4.78, 5) is 10.5. The zero-order valence-electron chi connectivity index (χ0n) is 37.9. The van der Waals surface area contributed by atoms with Crippen molar-refractivity contribution in [3.05, 3.63) is 239 Å². The molecule has 10 aromatic carbocycles. The molecule has 10 rings (SSSR count). The van der Waals surface area contributed by atoms with E-state index in [0.29, 0.717) is 0 Å². The summed E-state index contributed by atoms with van der Waals surface area (Å²) in [6.07, 6.45) is 6.29. The summed E-state index contributed by atoms with van der Waals surface area (Å²) < 4.78 is 0. The van der Waals surface area contributed by atoms with Crippen molar-refractivity contribution >= 4 is 67.8 Å². The minimum atomic E-state index is 0.878. The van der Waals surface area contributed by atoms with Crippen molar-refractivity contribution in [1.82, 2.24) is 0 Å². The number of fused-ring (bicyclic) bond motifs is 3. The Hall–Kier alpha value is -8.20. The van der Waals surface area contributed by atoms with Gasteiger partial charge in [0.2, 0.25) is 0 Å². The minimum Gasteiger partial charge on any atom is -0.253 e. The van der Waals surface area contributed by atoms with Crippen LogP contribution in [0.2, 0.25) is 0 Å². The van der Waals surface area contributed by atoms with Crippen LogP contribution in [-0.4, -0.2) is 11.4 Å². The van der Waals surface area contributed by atoms with Crippen molar-refractivity contribution in [2.24, 2.45) is 9.98 Å². The summed E-state index contributed by atoms with van der Waals surface area (Å²) in [5.41, 5.74) is 16.2. The Balaban J connectivity index is 1.18. The quantitative estimate of drug-likeness (QED) is 0.102. The maximum absolute atomic E-state index is 5.32. The molecular weight excluding hydrogens is 797 g/mol. The highest BCUT2D eigenvalue weighted by atomic mass is 14.8. The summed E-state index contributed by atoms with van der Waals surface area (Å²) in [6, 6.07) is 72.2. The SMILES string of the molecule is C=c1ccc(-c2c3ccccc3c(-c3ccc4ccccc4c3)c3cc(-c4ccc(N=C(C)c5ccc(-c6ccccc6)cc5)c(C(C)=Nc5ccccc5C)c4)ccc23)c/c1=C/C=C\C. The number of para-hydroxylation sites is 1. The second kappa shape index (κ2) is 18.1. The van der Waals surface area contributed by atoms with E-state index < -0.39 is 0 Å². The first-order valence-electron chi connectivity index (χ1n) is 22.7. The molecule has 0 aliphatic rings. The zero-order valence-corrected chi connectivity index (χ0v) is 37.9. The molecule has 0 atom stereocenters. The van der Waals surface area contributed by atoms with Gasteiger partial charge in [-0.15, -0.1) is 0 Å². The van der Waals surface area contributed by atoms with Gasteiger partial charge in [-0.3, -0.25) is 9.98 Å². The molecule has 0 aliphatic heterocycles. The lowest BCUT2D eigenvalue weighted by Crippen LogP contribution is -2.22. The van der Waals surface area contributed by atoms with Gasteiger partial charge in [0, 0.05) is 17.0 Å². The lowest BCUT2D eigenvalue weighted by molar-refractivity contribution is 1.38. The van der Waals surface area contributed by atoms with Gasteiger partial charge < -0.3 is 0 Å². The van der Waals surface area contributed by atoms with Crippen molar-refractivity contribution in [3.8, 4) is 44.5 Å². The Kier molecular flexibility index (Phi) is 11.5. The van der Waals surface area contributed by atoms with Gasteiger partial charge in [0.05, 0.1) is 11.4 Å². The summed E-state index contributed by atoms with van der Waals surface area (Å²) in [5.74, 6) is 0. The van der Waals surface area contributed by atoms with Gasteiger partial charge in [0.15, 0.2) is 0 Å². The smallest absolute Gasteiger partial charge is 0.0724 e. The number of allylic oxidation sites excluding steroid dienone is 2. The average Bonchev–Trinajstić information content (AvgIpc) is 3.36. The Bertz CT molecular complexity index is 3680. The maximum Gasteiger partial charge on any atom is 0.0724 e. The summed E-state index contributed by atoms with van der Waals surface area (Å²) >= 11 is 0. The van der Waals surface area contributed by atoms with Crippen LogP contribution in [0.5, 0.6) is 0 Å². The van der Waals surface area contributed by atoms with E-state index in [1.165, 1.54) is 60.1 Å². The van der Waals surface area contributed by atoms with Crippen LogP contribution in [-0.2, 0) is 0 Å². The summed E-state index contributed by atoms with van der Waals surface area (Å²) in [7, 11) is 0. The molecule has 0 saturated heterocycles. The molecule has 0 spiro atoms. The third kappa shape index (κ3) is 8.22. The predicted octanol–water partition coefficient (Wildman–Crippen LogP) is 16.2. The van der Waals surface area contributed by atoms with Crippen LogP contribution < -0.4 is 10.4 Å². The standard InChI is InChI=1S/C64H50N2/c1-6-7-18-50-38-54(27-26-42(50)2)63-56-23-14-15-24-57(56)64(55-33-32-48-21-12-13-22-51(48)39-55)60-41-52(34-36-58(60)63)53-35-37-62(59(40-53)45(5)66-61-25-16-11-17-43(61)3)65-44(4)46-28-30-49(31-29-46)47-19-9-8-10-20-47/h6-41H,2H2,1,3-5H3/b7-6-,50-18-,65-44?,66-45?. The van der Waals surface area contributed by atoms with Gasteiger partial charge in [0.1, 0.15) is 0 Å². The minimum absolute atomic E-state index is 0.878. The highest BCUT2D eigenvalue weighted by Gasteiger charge is 2.19. The maximum atomic E-state index is 5.32. The lowest BCUT2D eigenvalue weighted by atomic mass is 9.84. The molecule has 0 radical (unpaired) electrons. The predicted molar refractivity (Wildman–Crippen MR) is 286 cm³/mol. The van der Waals surface area contributed by atoms with E-state index >= 15 is 0 Å². The number of aliphatic imine (C=N–C) groups is 2. The highest BCUT2D eigenvalue weighted by molar-refractivity contribution is 6.22. The largest absolute Gasteiger partial charge is 0.253 e. The topological polar surface area (TPSA) is 24.7 Å². The van der Waals surface area contributed by atoms with Crippen molar-refractivity contribution < 1.29 is 0 Å². The van der Waals surface area contributed by atoms with Crippen LogP contribution in [0.4, 0.5) is 11.4 Å². The number of aryl methyl sites for hydroxylation is 1. The molecule has 0 amide bonds. The van der Waals surface area contributed by atoms with Gasteiger partial charge in [0.25, 0.3) is 0 Å². The third-order valence-electron chi connectivity index (χ3n) is 12.8. The second-order valence-electron chi connectivity index (χ2n) is 17.1. The molecule has 66 heavy (non-hydrogen) atoms. The molecule has 0 heterocycles. The van der Waals surface area contributed by atoms with E-state index in [9.17, 15) is 0 Å². The number of rotatable bonds is 9.